The van der Waals surface area contributed by atoms with Crippen LogP contribution in [-0.4, -0.2) is 18.0 Å². The summed E-state index contributed by atoms with van der Waals surface area (Å²) < 4.78 is 1.07. The largest absolute Gasteiger partial charge is 0.353 e. The third-order valence-corrected chi connectivity index (χ3v) is 3.16. The van der Waals surface area contributed by atoms with E-state index in [1.165, 1.54) is 5.56 Å². The van der Waals surface area contributed by atoms with Crippen molar-refractivity contribution in [2.45, 2.75) is 45.2 Å². The van der Waals surface area contributed by atoms with Crippen molar-refractivity contribution in [1.29, 1.82) is 0 Å². The Hall–Kier alpha value is -0.870. The number of rotatable bonds is 6. The molecule has 1 rings (SSSR count). The number of carbonyl (C=O) groups is 1. The Morgan fingerprint density at radius 2 is 2.17 bits per heavy atom. The Balaban J connectivity index is 2.37. The Kier molecular flexibility index (Phi) is 6.36. The molecule has 0 radical (unpaired) electrons. The van der Waals surface area contributed by atoms with E-state index in [0.29, 0.717) is 6.42 Å². The predicted octanol–water partition coefficient (Wildman–Crippen LogP) is 2.62. The van der Waals surface area contributed by atoms with Crippen molar-refractivity contribution in [3.05, 3.63) is 34.3 Å². The van der Waals surface area contributed by atoms with Crippen LogP contribution in [0.25, 0.3) is 0 Å². The molecule has 0 heterocycles. The number of carbonyl (C=O) groups excluding carboxylic acids is 1. The fourth-order valence-electron chi connectivity index (χ4n) is 1.77. The molecule has 3 N–H and O–H groups in total. The van der Waals surface area contributed by atoms with E-state index in [2.05, 4.69) is 33.4 Å². The number of benzene rings is 1. The van der Waals surface area contributed by atoms with Gasteiger partial charge in [-0.1, -0.05) is 28.1 Å². The van der Waals surface area contributed by atoms with Crippen LogP contribution in [0.3, 0.4) is 0 Å². The van der Waals surface area contributed by atoms with Crippen LogP contribution in [0.1, 0.15) is 32.3 Å². The zero-order valence-corrected chi connectivity index (χ0v) is 12.5. The van der Waals surface area contributed by atoms with Gasteiger partial charge in [0.05, 0.1) is 0 Å². The van der Waals surface area contributed by atoms with Crippen molar-refractivity contribution in [2.75, 3.05) is 0 Å². The van der Waals surface area contributed by atoms with Gasteiger partial charge in [0.15, 0.2) is 0 Å². The first-order chi connectivity index (χ1) is 8.47. The lowest BCUT2D eigenvalue weighted by atomic mass is 10.1. The molecule has 1 amide bonds. The van der Waals surface area contributed by atoms with E-state index < -0.39 is 0 Å². The first kappa shape index (κ1) is 15.2. The molecule has 0 aliphatic carbocycles. The van der Waals surface area contributed by atoms with E-state index in [1.54, 1.807) is 0 Å². The summed E-state index contributed by atoms with van der Waals surface area (Å²) in [5.74, 6) is 0.0785. The summed E-state index contributed by atoms with van der Waals surface area (Å²) in [7, 11) is 0. The lowest BCUT2D eigenvalue weighted by Crippen LogP contribution is -2.34. The van der Waals surface area contributed by atoms with Crippen molar-refractivity contribution in [1.82, 2.24) is 5.32 Å². The molecule has 0 fully saturated rings. The quantitative estimate of drug-likeness (QED) is 0.848. The van der Waals surface area contributed by atoms with Gasteiger partial charge >= 0.3 is 0 Å². The van der Waals surface area contributed by atoms with Crippen molar-refractivity contribution in [3.63, 3.8) is 0 Å². The van der Waals surface area contributed by atoms with Crippen molar-refractivity contribution in [3.8, 4) is 0 Å². The van der Waals surface area contributed by atoms with Gasteiger partial charge in [0.1, 0.15) is 0 Å². The van der Waals surface area contributed by atoms with Crippen LogP contribution < -0.4 is 11.1 Å². The fraction of sp³-hybridized carbons (Fsp3) is 0.500. The number of hydrogen-bond acceptors (Lipinski definition) is 2. The molecule has 18 heavy (non-hydrogen) atoms. The van der Waals surface area contributed by atoms with Gasteiger partial charge < -0.3 is 11.1 Å². The van der Waals surface area contributed by atoms with E-state index >= 15 is 0 Å². The molecule has 1 aromatic rings. The molecule has 0 bridgehead atoms. The number of halogens is 1. The smallest absolute Gasteiger partial charge is 0.220 e. The van der Waals surface area contributed by atoms with E-state index in [1.807, 2.05) is 26.0 Å². The Labute approximate surface area is 117 Å². The van der Waals surface area contributed by atoms with Crippen LogP contribution in [0, 0.1) is 0 Å². The fourth-order valence-corrected chi connectivity index (χ4v) is 2.22. The minimum Gasteiger partial charge on any atom is -0.353 e. The molecule has 0 aliphatic heterocycles. The van der Waals surface area contributed by atoms with Gasteiger partial charge in [0.2, 0.25) is 5.91 Å². The Morgan fingerprint density at radius 3 is 2.78 bits per heavy atom. The second-order valence-corrected chi connectivity index (χ2v) is 5.73. The molecule has 0 saturated carbocycles. The van der Waals surface area contributed by atoms with Crippen LogP contribution in [0.2, 0.25) is 0 Å². The normalized spacial score (nSPS) is 14.0. The summed E-state index contributed by atoms with van der Waals surface area (Å²) in [5.41, 5.74) is 6.84. The third-order valence-electron chi connectivity index (χ3n) is 2.67. The van der Waals surface area contributed by atoms with Crippen LogP contribution in [-0.2, 0) is 11.2 Å². The average molecular weight is 313 g/mol. The van der Waals surface area contributed by atoms with Gasteiger partial charge in [0.25, 0.3) is 0 Å². The number of nitrogens with two attached hydrogens (primary N) is 1. The monoisotopic (exact) mass is 312 g/mol. The molecule has 3 nitrogen and oxygen atoms in total. The molecular weight excluding hydrogens is 292 g/mol. The van der Waals surface area contributed by atoms with Gasteiger partial charge in [-0.05, 0) is 44.4 Å². The highest BCUT2D eigenvalue weighted by Gasteiger charge is 2.09. The summed E-state index contributed by atoms with van der Waals surface area (Å²) in [5, 5.41) is 2.99. The maximum absolute atomic E-state index is 11.6. The minimum atomic E-state index is 0.0785. The summed E-state index contributed by atoms with van der Waals surface area (Å²) in [4.78, 5) is 11.6. The van der Waals surface area contributed by atoms with E-state index in [4.69, 9.17) is 5.73 Å². The van der Waals surface area contributed by atoms with Crippen molar-refractivity contribution >= 4 is 21.8 Å². The Bertz CT molecular complexity index is 393. The standard InChI is InChI=1S/C14H21BrN2O/c1-10(16)6-7-14(18)17-11(2)8-12-4-3-5-13(15)9-12/h3-5,9-11H,6-8,16H2,1-2H3,(H,17,18). The van der Waals surface area contributed by atoms with Crippen LogP contribution >= 0.6 is 15.9 Å². The zero-order valence-electron chi connectivity index (χ0n) is 10.9. The molecule has 1 aromatic carbocycles. The van der Waals surface area contributed by atoms with Gasteiger partial charge in [-0.2, -0.15) is 0 Å². The van der Waals surface area contributed by atoms with Crippen LogP contribution in [0.4, 0.5) is 0 Å². The molecule has 0 aliphatic rings. The first-order valence-electron chi connectivity index (χ1n) is 6.26. The lowest BCUT2D eigenvalue weighted by Gasteiger charge is -2.14. The predicted molar refractivity (Wildman–Crippen MR) is 78.3 cm³/mol. The number of nitrogens with one attached hydrogen (secondary N) is 1. The zero-order chi connectivity index (χ0) is 13.5. The molecule has 0 aromatic heterocycles. The SMILES string of the molecule is CC(N)CCC(=O)NC(C)Cc1cccc(Br)c1. The molecule has 100 valence electrons. The number of amides is 1. The van der Waals surface area contributed by atoms with Gasteiger partial charge in [0, 0.05) is 23.0 Å². The summed E-state index contributed by atoms with van der Waals surface area (Å²) in [6, 6.07) is 8.36. The molecular formula is C14H21BrN2O. The van der Waals surface area contributed by atoms with Gasteiger partial charge in [-0.15, -0.1) is 0 Å². The second-order valence-electron chi connectivity index (χ2n) is 4.82. The van der Waals surface area contributed by atoms with Crippen molar-refractivity contribution < 1.29 is 4.79 Å². The van der Waals surface area contributed by atoms with E-state index in [0.717, 1.165) is 17.3 Å². The minimum absolute atomic E-state index is 0.0785. The summed E-state index contributed by atoms with van der Waals surface area (Å²) >= 11 is 3.44. The van der Waals surface area contributed by atoms with Crippen LogP contribution in [0.5, 0.6) is 0 Å². The maximum atomic E-state index is 11.6. The van der Waals surface area contributed by atoms with Gasteiger partial charge in [-0.25, -0.2) is 0 Å². The lowest BCUT2D eigenvalue weighted by molar-refractivity contribution is -0.121. The summed E-state index contributed by atoms with van der Waals surface area (Å²) in [6.45, 7) is 3.93. The van der Waals surface area contributed by atoms with Crippen LogP contribution in [0.15, 0.2) is 28.7 Å². The van der Waals surface area contributed by atoms with E-state index in [9.17, 15) is 4.79 Å². The molecule has 4 heteroatoms. The second kappa shape index (κ2) is 7.54. The van der Waals surface area contributed by atoms with Crippen molar-refractivity contribution in [2.24, 2.45) is 5.73 Å². The first-order valence-corrected chi connectivity index (χ1v) is 7.06. The van der Waals surface area contributed by atoms with E-state index in [-0.39, 0.29) is 18.0 Å². The topological polar surface area (TPSA) is 55.1 Å². The maximum Gasteiger partial charge on any atom is 0.220 e. The number of hydrogen-bond donors (Lipinski definition) is 2. The Morgan fingerprint density at radius 1 is 1.44 bits per heavy atom. The highest BCUT2D eigenvalue weighted by Crippen LogP contribution is 2.13. The summed E-state index contributed by atoms with van der Waals surface area (Å²) in [6.07, 6.45) is 2.07. The van der Waals surface area contributed by atoms with Gasteiger partial charge in [-0.3, -0.25) is 4.79 Å². The third kappa shape index (κ3) is 6.17. The molecule has 0 spiro atoms. The highest BCUT2D eigenvalue weighted by atomic mass is 79.9. The highest BCUT2D eigenvalue weighted by molar-refractivity contribution is 9.10. The average Bonchev–Trinajstić information content (AvgIpc) is 2.26. The molecule has 2 unspecified atom stereocenters. The molecule has 2 atom stereocenters. The molecule has 0 saturated heterocycles.